The maximum Gasteiger partial charge on any atom is 0.161 e. The van der Waals surface area contributed by atoms with Gasteiger partial charge in [0.15, 0.2) is 5.82 Å². The lowest BCUT2D eigenvalue weighted by Gasteiger charge is -2.09. The number of pyridine rings is 9. The van der Waals surface area contributed by atoms with Gasteiger partial charge in [0.25, 0.3) is 0 Å². The molecule has 0 saturated carbocycles. The van der Waals surface area contributed by atoms with Crippen molar-refractivity contribution in [1.29, 1.82) is 0 Å². The number of para-hydroxylation sites is 1. The van der Waals surface area contributed by atoms with Crippen LogP contribution in [0.4, 0.5) is 0 Å². The summed E-state index contributed by atoms with van der Waals surface area (Å²) >= 11 is 0. The molecule has 0 aliphatic carbocycles. The van der Waals surface area contributed by atoms with E-state index >= 15 is 0 Å². The van der Waals surface area contributed by atoms with Crippen LogP contribution >= 0.6 is 0 Å². The van der Waals surface area contributed by atoms with E-state index in [0.717, 1.165) is 168 Å². The van der Waals surface area contributed by atoms with Crippen molar-refractivity contribution in [3.63, 3.8) is 0 Å². The van der Waals surface area contributed by atoms with Gasteiger partial charge in [-0.2, -0.15) is 30.6 Å². The highest BCUT2D eigenvalue weighted by molar-refractivity contribution is 5.98. The Kier molecular flexibility index (Phi) is 23.6. The molecule has 14 aromatic carbocycles. The monoisotopic (exact) mass is 1920 g/mol. The topological polar surface area (TPSA) is 168 Å². The normalized spacial score (nSPS) is 11.3. The predicted molar refractivity (Wildman–Crippen MR) is 609 cm³/mol. The Morgan fingerprint density at radius 1 is 0.153 bits per heavy atom. The first kappa shape index (κ1) is 89.4. The molecule has 0 fully saturated rings. The van der Waals surface area contributed by atoms with Gasteiger partial charge >= 0.3 is 0 Å². The molecular formula is C133H89N17. The lowest BCUT2D eigenvalue weighted by atomic mass is 9.95. The van der Waals surface area contributed by atoms with Crippen LogP contribution in [-0.2, 0) is 0 Å². The van der Waals surface area contributed by atoms with Crippen molar-refractivity contribution in [2.24, 2.45) is 0 Å². The number of aromatic nitrogens is 17. The summed E-state index contributed by atoms with van der Waals surface area (Å²) in [6, 6.07) is 164. The van der Waals surface area contributed by atoms with Crippen LogP contribution in [0.1, 0.15) is 0 Å². The minimum Gasteiger partial charge on any atom is -0.265 e. The second-order valence-corrected chi connectivity index (χ2v) is 37.1. The van der Waals surface area contributed by atoms with Crippen LogP contribution in [0, 0.1) is 0 Å². The van der Waals surface area contributed by atoms with E-state index in [1.165, 1.54) is 76.1 Å². The lowest BCUT2D eigenvalue weighted by Crippen LogP contribution is -1.99. The molecular weight excluding hydrogens is 1840 g/mol. The van der Waals surface area contributed by atoms with Crippen LogP contribution in [0.2, 0.25) is 0 Å². The third-order valence-corrected chi connectivity index (χ3v) is 27.4. The van der Waals surface area contributed by atoms with Gasteiger partial charge in [0, 0.05) is 151 Å². The Hall–Kier alpha value is -20.7. The van der Waals surface area contributed by atoms with Gasteiger partial charge in [0.2, 0.25) is 0 Å². The number of hydrogen-bond acceptors (Lipinski definition) is 11. The van der Waals surface area contributed by atoms with Crippen molar-refractivity contribution in [2.75, 3.05) is 0 Å². The molecule has 0 saturated heterocycles. The summed E-state index contributed by atoms with van der Waals surface area (Å²) in [5.41, 5.74) is 34.2. The summed E-state index contributed by atoms with van der Waals surface area (Å²) in [4.78, 5) is 22.2. The molecule has 0 bridgehead atoms. The van der Waals surface area contributed by atoms with E-state index in [1.54, 1.807) is 0 Å². The van der Waals surface area contributed by atoms with Crippen molar-refractivity contribution < 1.29 is 0 Å². The first-order valence-electron chi connectivity index (χ1n) is 49.8. The SMILES string of the molecule is c1ccc(-c2cc(-c3ccccc3)cc(-c3cc4cc5ccccc5cn4n3)c2)cc1.c1ccc(-c2cc3c4ccccc4nc(-c4ccc(-c5cc6cc7ccccc7cn6n5)cc4)n3n2)cc1.c1ccc(-c2ccc(-c3cc4cc5ccccc5cn4n3)cc2)nc1.c1ccc(-c2cccc(-c3cc4cc5ccccc5cn4n3)c2)nc1.c1ccc2cn3nc(-c4cc(-c5ccncc5)cc(-c5ccncc5)c4)cc3cc2c1. The summed E-state index contributed by atoms with van der Waals surface area (Å²) < 4.78 is 11.8. The van der Waals surface area contributed by atoms with Gasteiger partial charge < -0.3 is 0 Å². The fraction of sp³-hybridized carbons (Fsp3) is 0. The molecule has 0 unspecified atom stereocenters. The van der Waals surface area contributed by atoms with Crippen LogP contribution in [0.3, 0.4) is 0 Å². The summed E-state index contributed by atoms with van der Waals surface area (Å²) in [5.74, 6) is 0.814. The van der Waals surface area contributed by atoms with E-state index in [-0.39, 0.29) is 0 Å². The molecule has 17 nitrogen and oxygen atoms in total. The van der Waals surface area contributed by atoms with Crippen molar-refractivity contribution in [2.45, 2.75) is 0 Å². The molecule has 0 spiro atoms. The van der Waals surface area contributed by atoms with E-state index in [9.17, 15) is 0 Å². The van der Waals surface area contributed by atoms with Crippen molar-refractivity contribution >= 4 is 97.9 Å². The smallest absolute Gasteiger partial charge is 0.161 e. The maximum absolute atomic E-state index is 5.03. The Labute approximate surface area is 861 Å². The third-order valence-electron chi connectivity index (χ3n) is 27.4. The average molecular weight is 1930 g/mol. The van der Waals surface area contributed by atoms with Gasteiger partial charge in [-0.05, 0) is 235 Å². The van der Waals surface area contributed by atoms with E-state index in [2.05, 4.69) is 433 Å². The molecule has 17 heteroatoms. The molecule has 30 aromatic rings. The number of nitrogens with zero attached hydrogens (tertiary/aromatic N) is 17. The lowest BCUT2D eigenvalue weighted by molar-refractivity contribution is 0.949. The Morgan fingerprint density at radius 3 is 0.793 bits per heavy atom. The van der Waals surface area contributed by atoms with E-state index < -0.39 is 0 Å². The van der Waals surface area contributed by atoms with Crippen molar-refractivity contribution in [3.05, 3.63) is 541 Å². The number of benzene rings is 14. The highest BCUT2D eigenvalue weighted by atomic mass is 15.3. The average Bonchev–Trinajstić information content (AvgIpc) is 1.59. The van der Waals surface area contributed by atoms with Gasteiger partial charge in [-0.3, -0.25) is 19.9 Å². The third kappa shape index (κ3) is 18.5. The number of rotatable bonds is 13. The number of hydrogen-bond donors (Lipinski definition) is 0. The zero-order chi connectivity index (χ0) is 99.6. The molecule has 30 rings (SSSR count). The Balaban J connectivity index is 0.0000000953. The largest absolute Gasteiger partial charge is 0.265 e. The summed E-state index contributed by atoms with van der Waals surface area (Å²) in [7, 11) is 0. The zero-order valence-corrected chi connectivity index (χ0v) is 81.0. The minimum absolute atomic E-state index is 0.814. The summed E-state index contributed by atoms with van der Waals surface area (Å²) in [6.45, 7) is 0. The minimum atomic E-state index is 0.814. The zero-order valence-electron chi connectivity index (χ0n) is 81.0. The first-order valence-corrected chi connectivity index (χ1v) is 49.8. The highest BCUT2D eigenvalue weighted by Crippen LogP contribution is 2.40. The highest BCUT2D eigenvalue weighted by Gasteiger charge is 2.20. The van der Waals surface area contributed by atoms with Crippen LogP contribution in [0.25, 0.3) is 244 Å². The van der Waals surface area contributed by atoms with Crippen LogP contribution < -0.4 is 0 Å². The molecule has 0 aliphatic rings. The summed E-state index contributed by atoms with van der Waals surface area (Å²) in [6.07, 6.45) is 21.4. The maximum atomic E-state index is 5.03. The molecule has 0 atom stereocenters. The Morgan fingerprint density at radius 2 is 0.420 bits per heavy atom. The fourth-order valence-corrected chi connectivity index (χ4v) is 19.8. The molecule has 706 valence electrons. The molecule has 0 radical (unpaired) electrons. The van der Waals surface area contributed by atoms with Gasteiger partial charge in [0.1, 0.15) is 0 Å². The molecule has 0 amide bonds. The summed E-state index contributed by atoms with van der Waals surface area (Å²) in [5, 5.41) is 42.2. The quantitative estimate of drug-likeness (QED) is 0.108. The van der Waals surface area contributed by atoms with Crippen molar-refractivity contribution in [1.82, 2.24) is 82.6 Å². The molecule has 0 aliphatic heterocycles. The molecule has 16 heterocycles. The van der Waals surface area contributed by atoms with Crippen molar-refractivity contribution in [3.8, 4) is 146 Å². The molecule has 16 aromatic heterocycles. The van der Waals surface area contributed by atoms with Gasteiger partial charge in [-0.25, -0.2) is 32.1 Å². The van der Waals surface area contributed by atoms with Gasteiger partial charge in [-0.1, -0.05) is 309 Å². The predicted octanol–water partition coefficient (Wildman–Crippen LogP) is 31.9. The standard InChI is InChI=1S/C33H21N5.C29H20N2.C27H18N4.2C22H15N3/c1-2-8-22(9-3-1)31-20-32-28-12-6-7-13-29(28)34-33(38(32)36-31)24-16-14-23(15-17-24)30-19-27-18-25-10-4-5-11-26(25)21-37(27)35-30;1-3-9-21(10-4-1)25-15-26(22-11-5-2-6-12-22)17-27(16-25)29-19-28-18-23-13-7-8-14-24(23)20-31(28)30-29;1-2-4-22-18-31-26(16-21(22)3-1)17-27(30-31)25-14-23(19-5-9-28-10-6-19)13-24(15-25)20-7-11-29-12-8-20;1-2-7-19-15-25-20(13-16(19)6-1)14-22(24-25)18-9-5-8-17(12-18)21-10-3-4-11-23-21;1-2-6-19-15-25-20(13-18(19)5-1)14-22(24-25)17-10-8-16(9-11-17)21-7-3-4-12-23-21/h1-21H;1-20H;1-18H;2*1-15H. The van der Waals surface area contributed by atoms with Gasteiger partial charge in [0.05, 0.1) is 84.2 Å². The first-order chi connectivity index (χ1) is 74.2. The second-order valence-electron chi connectivity index (χ2n) is 37.1. The molecule has 0 N–H and O–H groups in total. The van der Waals surface area contributed by atoms with Crippen LogP contribution in [-0.4, -0.2) is 82.6 Å². The van der Waals surface area contributed by atoms with E-state index in [1.807, 2.05) is 155 Å². The second kappa shape index (κ2) is 39.5. The Bertz CT molecular complexity index is 9590. The van der Waals surface area contributed by atoms with Crippen LogP contribution in [0.15, 0.2) is 541 Å². The van der Waals surface area contributed by atoms with Gasteiger partial charge in [-0.15, -0.1) is 0 Å². The fourth-order valence-electron chi connectivity index (χ4n) is 19.8. The van der Waals surface area contributed by atoms with E-state index in [4.69, 9.17) is 35.6 Å². The van der Waals surface area contributed by atoms with E-state index in [0.29, 0.717) is 0 Å². The number of fused-ring (bicyclic) bond motifs is 13. The van der Waals surface area contributed by atoms with Crippen LogP contribution in [0.5, 0.6) is 0 Å². The molecule has 150 heavy (non-hydrogen) atoms.